The molecule has 0 fully saturated rings. The summed E-state index contributed by atoms with van der Waals surface area (Å²) in [5.74, 6) is 0.0643. The van der Waals surface area contributed by atoms with E-state index in [2.05, 4.69) is 36.5 Å². The first kappa shape index (κ1) is 13.3. The van der Waals surface area contributed by atoms with E-state index in [1.165, 1.54) is 5.56 Å². The molecule has 0 unspecified atom stereocenters. The molecule has 0 bridgehead atoms. The van der Waals surface area contributed by atoms with Crippen LogP contribution in [0.15, 0.2) is 54.6 Å². The summed E-state index contributed by atoms with van der Waals surface area (Å²) >= 11 is 0. The third kappa shape index (κ3) is 3.44. The van der Waals surface area contributed by atoms with Gasteiger partial charge in [0.1, 0.15) is 0 Å². The summed E-state index contributed by atoms with van der Waals surface area (Å²) in [4.78, 5) is 11.7. The van der Waals surface area contributed by atoms with Gasteiger partial charge >= 0.3 is 0 Å². The molecule has 2 nitrogen and oxygen atoms in total. The van der Waals surface area contributed by atoms with Gasteiger partial charge in [-0.25, -0.2) is 0 Å². The van der Waals surface area contributed by atoms with Crippen molar-refractivity contribution in [1.82, 2.24) is 5.32 Å². The van der Waals surface area contributed by atoms with E-state index < -0.39 is 0 Å². The molecule has 2 rings (SSSR count). The Bertz CT molecular complexity index is 531. The first-order valence-corrected chi connectivity index (χ1v) is 6.61. The molecule has 0 aliphatic carbocycles. The maximum absolute atomic E-state index is 11.7. The van der Waals surface area contributed by atoms with E-state index in [9.17, 15) is 4.79 Å². The van der Waals surface area contributed by atoms with Crippen LogP contribution in [0.5, 0.6) is 0 Å². The molecule has 0 spiro atoms. The molecule has 0 aliphatic heterocycles. The minimum absolute atomic E-state index is 0.0643. The summed E-state index contributed by atoms with van der Waals surface area (Å²) in [5, 5.41) is 3.08. The zero-order valence-electron chi connectivity index (χ0n) is 11.4. The lowest BCUT2D eigenvalue weighted by Gasteiger charge is -2.19. The summed E-state index contributed by atoms with van der Waals surface area (Å²) in [7, 11) is 0. The topological polar surface area (TPSA) is 29.1 Å². The van der Waals surface area contributed by atoms with E-state index in [1.54, 1.807) is 0 Å². The van der Waals surface area contributed by atoms with Crippen LogP contribution in [0.3, 0.4) is 0 Å². The number of rotatable bonds is 4. The van der Waals surface area contributed by atoms with Crippen molar-refractivity contribution >= 4 is 5.91 Å². The molecular weight excluding hydrogens is 234 g/mol. The Balaban J connectivity index is 2.34. The van der Waals surface area contributed by atoms with Gasteiger partial charge in [-0.2, -0.15) is 0 Å². The second-order valence-corrected chi connectivity index (χ2v) is 4.68. The Labute approximate surface area is 114 Å². The van der Waals surface area contributed by atoms with Crippen molar-refractivity contribution in [3.8, 4) is 0 Å². The number of carbonyl (C=O) groups excluding carboxylic acids is 1. The molecule has 98 valence electrons. The third-order valence-corrected chi connectivity index (χ3v) is 3.17. The summed E-state index contributed by atoms with van der Waals surface area (Å²) in [6.45, 7) is 3.93. The van der Waals surface area contributed by atoms with Gasteiger partial charge in [-0.05, 0) is 18.1 Å². The number of aryl methyl sites for hydroxylation is 1. The van der Waals surface area contributed by atoms with Gasteiger partial charge in [0.2, 0.25) is 5.91 Å². The maximum Gasteiger partial charge on any atom is 0.220 e. The molecule has 2 heteroatoms. The summed E-state index contributed by atoms with van der Waals surface area (Å²) in [6, 6.07) is 18.3. The Morgan fingerprint density at radius 2 is 1.58 bits per heavy atom. The first-order valence-electron chi connectivity index (χ1n) is 6.61. The fourth-order valence-corrected chi connectivity index (χ4v) is 2.03. The van der Waals surface area contributed by atoms with Crippen molar-refractivity contribution in [2.75, 3.05) is 0 Å². The molecule has 0 heterocycles. The van der Waals surface area contributed by atoms with Crippen LogP contribution in [0.1, 0.15) is 36.1 Å². The number of nitrogens with one attached hydrogen (secondary N) is 1. The van der Waals surface area contributed by atoms with Gasteiger partial charge in [-0.3, -0.25) is 4.79 Å². The average Bonchev–Trinajstić information content (AvgIpc) is 2.46. The first-order chi connectivity index (χ1) is 9.20. The minimum atomic E-state index is -0.0748. The average molecular weight is 253 g/mol. The molecule has 19 heavy (non-hydrogen) atoms. The number of hydrogen-bond acceptors (Lipinski definition) is 1. The van der Waals surface area contributed by atoms with Gasteiger partial charge < -0.3 is 5.32 Å². The van der Waals surface area contributed by atoms with Gasteiger partial charge in [0, 0.05) is 6.42 Å². The maximum atomic E-state index is 11.7. The van der Waals surface area contributed by atoms with Crippen molar-refractivity contribution in [3.63, 3.8) is 0 Å². The van der Waals surface area contributed by atoms with Crippen LogP contribution in [0.4, 0.5) is 0 Å². The zero-order chi connectivity index (χ0) is 13.7. The number of amides is 1. The predicted molar refractivity (Wildman–Crippen MR) is 77.9 cm³/mol. The summed E-state index contributed by atoms with van der Waals surface area (Å²) in [6.07, 6.45) is 0.495. The fraction of sp³-hybridized carbons (Fsp3) is 0.235. The highest BCUT2D eigenvalue weighted by molar-refractivity contribution is 5.76. The fourth-order valence-electron chi connectivity index (χ4n) is 2.03. The smallest absolute Gasteiger partial charge is 0.220 e. The Kier molecular flexibility index (Phi) is 4.35. The second-order valence-electron chi connectivity index (χ2n) is 4.68. The molecule has 0 aliphatic rings. The van der Waals surface area contributed by atoms with E-state index in [1.807, 2.05) is 37.3 Å². The van der Waals surface area contributed by atoms with Gasteiger partial charge in [-0.1, -0.05) is 67.1 Å². The second kappa shape index (κ2) is 6.19. The van der Waals surface area contributed by atoms with Crippen LogP contribution < -0.4 is 5.32 Å². The number of benzene rings is 2. The lowest BCUT2D eigenvalue weighted by molar-refractivity contribution is -0.121. The quantitative estimate of drug-likeness (QED) is 0.886. The molecule has 0 saturated heterocycles. The molecular formula is C17H19NO. The number of carbonyl (C=O) groups is 1. The van der Waals surface area contributed by atoms with Crippen molar-refractivity contribution in [3.05, 3.63) is 71.3 Å². The van der Waals surface area contributed by atoms with Crippen molar-refractivity contribution in [1.29, 1.82) is 0 Å². The Morgan fingerprint density at radius 1 is 1.00 bits per heavy atom. The largest absolute Gasteiger partial charge is 0.345 e. The summed E-state index contributed by atoms with van der Waals surface area (Å²) < 4.78 is 0. The lowest BCUT2D eigenvalue weighted by atomic mass is 9.97. The van der Waals surface area contributed by atoms with Crippen molar-refractivity contribution in [2.45, 2.75) is 26.3 Å². The van der Waals surface area contributed by atoms with Crippen LogP contribution in [-0.4, -0.2) is 5.91 Å². The molecule has 0 saturated carbocycles. The highest BCUT2D eigenvalue weighted by atomic mass is 16.1. The highest BCUT2D eigenvalue weighted by Gasteiger charge is 2.15. The Morgan fingerprint density at radius 3 is 2.16 bits per heavy atom. The monoisotopic (exact) mass is 253 g/mol. The normalized spacial score (nSPS) is 11.9. The Hall–Kier alpha value is -2.09. The van der Waals surface area contributed by atoms with E-state index in [4.69, 9.17) is 0 Å². The molecule has 0 radical (unpaired) electrons. The lowest BCUT2D eigenvalue weighted by Crippen LogP contribution is -2.28. The van der Waals surface area contributed by atoms with Crippen LogP contribution in [0.2, 0.25) is 0 Å². The standard InChI is InChI=1S/C17H19NO/c1-3-16(19)18-17(14-7-5-4-6-8-14)15-11-9-13(2)10-12-15/h4-12,17H,3H2,1-2H3,(H,18,19)/t17-/m1/s1. The molecule has 2 aromatic rings. The minimum Gasteiger partial charge on any atom is -0.345 e. The molecule has 2 aromatic carbocycles. The van der Waals surface area contributed by atoms with Gasteiger partial charge in [0.05, 0.1) is 6.04 Å². The number of hydrogen-bond donors (Lipinski definition) is 1. The van der Waals surface area contributed by atoms with E-state index >= 15 is 0 Å². The van der Waals surface area contributed by atoms with Gasteiger partial charge in [-0.15, -0.1) is 0 Å². The van der Waals surface area contributed by atoms with Gasteiger partial charge in [0.25, 0.3) is 0 Å². The van der Waals surface area contributed by atoms with Gasteiger partial charge in [0.15, 0.2) is 0 Å². The molecule has 0 aromatic heterocycles. The molecule has 1 amide bonds. The zero-order valence-corrected chi connectivity index (χ0v) is 11.4. The van der Waals surface area contributed by atoms with Crippen LogP contribution in [-0.2, 0) is 4.79 Å². The SMILES string of the molecule is CCC(=O)N[C@H](c1ccccc1)c1ccc(C)cc1. The van der Waals surface area contributed by atoms with Crippen LogP contribution in [0, 0.1) is 6.92 Å². The van der Waals surface area contributed by atoms with Crippen molar-refractivity contribution in [2.24, 2.45) is 0 Å². The van der Waals surface area contributed by atoms with E-state index in [0.717, 1.165) is 11.1 Å². The summed E-state index contributed by atoms with van der Waals surface area (Å²) in [5.41, 5.74) is 3.43. The van der Waals surface area contributed by atoms with E-state index in [0.29, 0.717) is 6.42 Å². The van der Waals surface area contributed by atoms with E-state index in [-0.39, 0.29) is 11.9 Å². The van der Waals surface area contributed by atoms with Crippen LogP contribution in [0.25, 0.3) is 0 Å². The molecule has 1 atom stereocenters. The third-order valence-electron chi connectivity index (χ3n) is 3.17. The highest BCUT2D eigenvalue weighted by Crippen LogP contribution is 2.22. The van der Waals surface area contributed by atoms with Crippen LogP contribution >= 0.6 is 0 Å². The van der Waals surface area contributed by atoms with Crippen molar-refractivity contribution < 1.29 is 4.79 Å². The molecule has 1 N–H and O–H groups in total. The predicted octanol–water partition coefficient (Wildman–Crippen LogP) is 3.61.